The molecule has 0 radical (unpaired) electrons. The van der Waals surface area contributed by atoms with E-state index in [0.717, 1.165) is 32.5 Å². The summed E-state index contributed by atoms with van der Waals surface area (Å²) in [6, 6.07) is 0. The highest BCUT2D eigenvalue weighted by atomic mass is 16.5. The predicted octanol–water partition coefficient (Wildman–Crippen LogP) is 1.31. The van der Waals surface area contributed by atoms with Crippen LogP contribution in [0.2, 0.25) is 0 Å². The largest absolute Gasteiger partial charge is 0.366 e. The quantitative estimate of drug-likeness (QED) is 0.781. The van der Waals surface area contributed by atoms with E-state index in [1.54, 1.807) is 0 Å². The average molecular weight is 242 g/mol. The van der Waals surface area contributed by atoms with Gasteiger partial charge >= 0.3 is 0 Å². The molecule has 4 nitrogen and oxygen atoms in total. The van der Waals surface area contributed by atoms with E-state index in [-0.39, 0.29) is 23.5 Å². The molecule has 4 heteroatoms. The molecule has 2 N–H and O–H groups in total. The number of hydrogen-bond acceptors (Lipinski definition) is 3. The van der Waals surface area contributed by atoms with Gasteiger partial charge in [0.15, 0.2) is 0 Å². The van der Waals surface area contributed by atoms with E-state index in [2.05, 4.69) is 17.6 Å². The van der Waals surface area contributed by atoms with Crippen LogP contribution in [0.5, 0.6) is 0 Å². The van der Waals surface area contributed by atoms with Crippen LogP contribution in [0.15, 0.2) is 0 Å². The second-order valence-electron chi connectivity index (χ2n) is 6.24. The van der Waals surface area contributed by atoms with Crippen molar-refractivity contribution in [3.8, 4) is 0 Å². The Morgan fingerprint density at radius 3 is 2.47 bits per heavy atom. The molecule has 0 unspecified atom stereocenters. The molecule has 0 spiro atoms. The van der Waals surface area contributed by atoms with Crippen LogP contribution >= 0.6 is 0 Å². The van der Waals surface area contributed by atoms with E-state index >= 15 is 0 Å². The molecule has 1 aliphatic rings. The maximum absolute atomic E-state index is 11.6. The van der Waals surface area contributed by atoms with E-state index in [1.165, 1.54) is 0 Å². The van der Waals surface area contributed by atoms with Crippen molar-refractivity contribution in [1.29, 1.82) is 0 Å². The lowest BCUT2D eigenvalue weighted by molar-refractivity contribution is -0.131. The molecular weight excluding hydrogens is 216 g/mol. The van der Waals surface area contributed by atoms with Gasteiger partial charge in [0.25, 0.3) is 0 Å². The standard InChI is InChI=1S/C13H26N2O2/c1-12(2,3)17-9-11(16)15-10-13(4)5-7-14-8-6-13/h14H,5-10H2,1-4H3,(H,15,16). The van der Waals surface area contributed by atoms with Gasteiger partial charge in [0.1, 0.15) is 6.61 Å². The second-order valence-corrected chi connectivity index (χ2v) is 6.24. The maximum Gasteiger partial charge on any atom is 0.246 e. The van der Waals surface area contributed by atoms with Gasteiger partial charge in [0, 0.05) is 6.54 Å². The zero-order chi connectivity index (χ0) is 12.9. The number of piperidine rings is 1. The highest BCUT2D eigenvalue weighted by molar-refractivity contribution is 5.77. The number of nitrogens with one attached hydrogen (secondary N) is 2. The molecule has 0 aromatic heterocycles. The van der Waals surface area contributed by atoms with E-state index in [9.17, 15) is 4.79 Å². The van der Waals surface area contributed by atoms with Crippen molar-refractivity contribution in [2.45, 2.75) is 46.1 Å². The second kappa shape index (κ2) is 5.83. The zero-order valence-corrected chi connectivity index (χ0v) is 11.6. The van der Waals surface area contributed by atoms with Crippen molar-refractivity contribution < 1.29 is 9.53 Å². The summed E-state index contributed by atoms with van der Waals surface area (Å²) in [4.78, 5) is 11.6. The maximum atomic E-state index is 11.6. The fourth-order valence-corrected chi connectivity index (χ4v) is 1.85. The molecule has 0 atom stereocenters. The summed E-state index contributed by atoms with van der Waals surface area (Å²) in [5, 5.41) is 6.31. The minimum absolute atomic E-state index is 0.0142. The molecule has 1 aliphatic heterocycles. The number of hydrogen-bond donors (Lipinski definition) is 2. The van der Waals surface area contributed by atoms with Crippen LogP contribution in [-0.4, -0.2) is 37.7 Å². The monoisotopic (exact) mass is 242 g/mol. The first-order chi connectivity index (χ1) is 7.81. The van der Waals surface area contributed by atoms with Crippen molar-refractivity contribution in [2.24, 2.45) is 5.41 Å². The molecule has 1 fully saturated rings. The van der Waals surface area contributed by atoms with Gasteiger partial charge < -0.3 is 15.4 Å². The Morgan fingerprint density at radius 1 is 1.35 bits per heavy atom. The first kappa shape index (κ1) is 14.5. The summed E-state index contributed by atoms with van der Waals surface area (Å²) >= 11 is 0. The Labute approximate surface area is 104 Å². The molecule has 1 rings (SSSR count). The van der Waals surface area contributed by atoms with Crippen molar-refractivity contribution in [1.82, 2.24) is 10.6 Å². The summed E-state index contributed by atoms with van der Waals surface area (Å²) in [5.74, 6) is -0.0142. The van der Waals surface area contributed by atoms with Gasteiger partial charge in [0.05, 0.1) is 5.60 Å². The molecule has 1 amide bonds. The van der Waals surface area contributed by atoms with Gasteiger partial charge in [-0.2, -0.15) is 0 Å². The number of carbonyl (C=O) groups is 1. The number of rotatable bonds is 4. The summed E-state index contributed by atoms with van der Waals surface area (Å²) in [7, 11) is 0. The predicted molar refractivity (Wildman–Crippen MR) is 68.9 cm³/mol. The third-order valence-corrected chi connectivity index (χ3v) is 3.16. The summed E-state index contributed by atoms with van der Waals surface area (Å²) in [5.41, 5.74) is -0.0152. The van der Waals surface area contributed by atoms with E-state index in [1.807, 2.05) is 20.8 Å². The molecule has 0 aliphatic carbocycles. The first-order valence-electron chi connectivity index (χ1n) is 6.42. The summed E-state index contributed by atoms with van der Waals surface area (Å²) in [6.45, 7) is 11.1. The molecule has 0 aromatic carbocycles. The molecule has 17 heavy (non-hydrogen) atoms. The molecule has 0 saturated carbocycles. The van der Waals surface area contributed by atoms with Crippen LogP contribution < -0.4 is 10.6 Å². The third-order valence-electron chi connectivity index (χ3n) is 3.16. The highest BCUT2D eigenvalue weighted by Gasteiger charge is 2.27. The van der Waals surface area contributed by atoms with Crippen molar-refractivity contribution in [3.05, 3.63) is 0 Å². The Balaban J connectivity index is 2.23. The van der Waals surface area contributed by atoms with E-state index in [0.29, 0.717) is 0 Å². The molecule has 100 valence electrons. The molecule has 0 aromatic rings. The molecule has 1 heterocycles. The normalized spacial score (nSPS) is 20.0. The SMILES string of the molecule is CC1(CNC(=O)COC(C)(C)C)CCNCC1. The fraction of sp³-hybridized carbons (Fsp3) is 0.923. The van der Waals surface area contributed by atoms with Gasteiger partial charge in [-0.1, -0.05) is 6.92 Å². The number of carbonyl (C=O) groups excluding carboxylic acids is 1. The van der Waals surface area contributed by atoms with Gasteiger partial charge in [-0.25, -0.2) is 0 Å². The van der Waals surface area contributed by atoms with Crippen molar-refractivity contribution in [3.63, 3.8) is 0 Å². The molecule has 0 bridgehead atoms. The number of amides is 1. The lowest BCUT2D eigenvalue weighted by atomic mass is 9.81. The van der Waals surface area contributed by atoms with Gasteiger partial charge in [-0.05, 0) is 52.1 Å². The Morgan fingerprint density at radius 2 is 1.94 bits per heavy atom. The summed E-state index contributed by atoms with van der Waals surface area (Å²) in [6.07, 6.45) is 2.24. The van der Waals surface area contributed by atoms with Crippen LogP contribution in [0.1, 0.15) is 40.5 Å². The lowest BCUT2D eigenvalue weighted by Gasteiger charge is -2.34. The minimum Gasteiger partial charge on any atom is -0.366 e. The molecular formula is C13H26N2O2. The Hall–Kier alpha value is -0.610. The summed E-state index contributed by atoms with van der Waals surface area (Å²) < 4.78 is 5.44. The smallest absolute Gasteiger partial charge is 0.246 e. The number of ether oxygens (including phenoxy) is 1. The van der Waals surface area contributed by atoms with Gasteiger partial charge in [0.2, 0.25) is 5.91 Å². The van der Waals surface area contributed by atoms with E-state index in [4.69, 9.17) is 4.74 Å². The van der Waals surface area contributed by atoms with Gasteiger partial charge in [-0.15, -0.1) is 0 Å². The van der Waals surface area contributed by atoms with Crippen LogP contribution in [0.3, 0.4) is 0 Å². The van der Waals surface area contributed by atoms with Crippen LogP contribution in [-0.2, 0) is 9.53 Å². The van der Waals surface area contributed by atoms with Crippen molar-refractivity contribution >= 4 is 5.91 Å². The first-order valence-corrected chi connectivity index (χ1v) is 6.42. The Kier molecular flexibility index (Phi) is 4.95. The van der Waals surface area contributed by atoms with E-state index < -0.39 is 0 Å². The third kappa shape index (κ3) is 6.03. The van der Waals surface area contributed by atoms with Crippen LogP contribution in [0, 0.1) is 5.41 Å². The minimum atomic E-state index is -0.254. The average Bonchev–Trinajstić information content (AvgIpc) is 2.24. The van der Waals surface area contributed by atoms with Crippen LogP contribution in [0.4, 0.5) is 0 Å². The fourth-order valence-electron chi connectivity index (χ4n) is 1.85. The Bertz CT molecular complexity index is 253. The molecule has 1 saturated heterocycles. The lowest BCUT2D eigenvalue weighted by Crippen LogP contribution is -2.44. The zero-order valence-electron chi connectivity index (χ0n) is 11.6. The van der Waals surface area contributed by atoms with Crippen molar-refractivity contribution in [2.75, 3.05) is 26.2 Å². The highest BCUT2D eigenvalue weighted by Crippen LogP contribution is 2.26. The van der Waals surface area contributed by atoms with Gasteiger partial charge in [-0.3, -0.25) is 4.79 Å². The topological polar surface area (TPSA) is 50.4 Å². The van der Waals surface area contributed by atoms with Crippen LogP contribution in [0.25, 0.3) is 0 Å².